The number of rotatable bonds is 5. The van der Waals surface area contributed by atoms with Crippen molar-refractivity contribution in [1.29, 1.82) is 0 Å². The lowest BCUT2D eigenvalue weighted by atomic mass is 10.4. The summed E-state index contributed by atoms with van der Waals surface area (Å²) >= 11 is 3.07. The number of aromatic nitrogens is 1. The molecule has 0 saturated carbocycles. The Hall–Kier alpha value is -0.100. The van der Waals surface area contributed by atoms with Gasteiger partial charge in [0.25, 0.3) is 0 Å². The lowest BCUT2D eigenvalue weighted by Crippen LogP contribution is -2.14. The fourth-order valence-corrected chi connectivity index (χ4v) is 2.61. The summed E-state index contributed by atoms with van der Waals surface area (Å²) in [6.07, 6.45) is 0.304. The number of aryl methyl sites for hydroxylation is 1. The van der Waals surface area contributed by atoms with Gasteiger partial charge in [0.1, 0.15) is 4.34 Å². The molecule has 0 bridgehead atoms. The third-order valence-corrected chi connectivity index (χ3v) is 3.72. The maximum atomic E-state index is 9.09. The van der Waals surface area contributed by atoms with E-state index in [1.807, 2.05) is 5.38 Å². The van der Waals surface area contributed by atoms with Gasteiger partial charge in [-0.3, -0.25) is 0 Å². The van der Waals surface area contributed by atoms with Crippen molar-refractivity contribution in [3.63, 3.8) is 0 Å². The summed E-state index contributed by atoms with van der Waals surface area (Å²) in [7, 11) is 0. The molecule has 0 aliphatic carbocycles. The number of thiazole rings is 1. The topological polar surface area (TPSA) is 53.4 Å². The molecule has 1 atom stereocenters. The molecule has 2 N–H and O–H groups in total. The summed E-state index contributed by atoms with van der Waals surface area (Å²) in [6, 6.07) is 0. The Kier molecular flexibility index (Phi) is 4.72. The van der Waals surface area contributed by atoms with E-state index in [9.17, 15) is 0 Å². The van der Waals surface area contributed by atoms with Gasteiger partial charge in [0.05, 0.1) is 18.4 Å². The molecule has 1 heterocycles. The molecule has 0 fully saturated rings. The van der Waals surface area contributed by atoms with Gasteiger partial charge in [0.2, 0.25) is 0 Å². The molecule has 1 unspecified atom stereocenters. The zero-order valence-corrected chi connectivity index (χ0v) is 9.07. The van der Waals surface area contributed by atoms with Crippen LogP contribution in [0, 0.1) is 0 Å². The van der Waals surface area contributed by atoms with E-state index in [0.717, 1.165) is 16.5 Å². The van der Waals surface area contributed by atoms with Gasteiger partial charge in [-0.05, 0) is 6.42 Å². The number of hydrogen-bond donors (Lipinski definition) is 2. The van der Waals surface area contributed by atoms with E-state index < -0.39 is 6.10 Å². The number of hydrogen-bond acceptors (Lipinski definition) is 5. The first-order valence-corrected chi connectivity index (χ1v) is 5.99. The first-order chi connectivity index (χ1) is 6.26. The first-order valence-electron chi connectivity index (χ1n) is 4.12. The quantitative estimate of drug-likeness (QED) is 0.729. The highest BCUT2D eigenvalue weighted by Crippen LogP contribution is 2.23. The second kappa shape index (κ2) is 5.59. The van der Waals surface area contributed by atoms with Crippen LogP contribution >= 0.6 is 23.1 Å². The van der Waals surface area contributed by atoms with E-state index in [1.54, 1.807) is 11.3 Å². The lowest BCUT2D eigenvalue weighted by molar-refractivity contribution is 0.113. The van der Waals surface area contributed by atoms with E-state index in [4.69, 9.17) is 10.2 Å². The summed E-state index contributed by atoms with van der Waals surface area (Å²) in [6.45, 7) is 1.88. The van der Waals surface area contributed by atoms with E-state index in [1.165, 1.54) is 11.8 Å². The Labute approximate surface area is 85.8 Å². The van der Waals surface area contributed by atoms with Crippen LogP contribution in [-0.2, 0) is 6.42 Å². The smallest absolute Gasteiger partial charge is 0.150 e. The van der Waals surface area contributed by atoms with Gasteiger partial charge in [-0.25, -0.2) is 4.98 Å². The molecule has 0 saturated heterocycles. The van der Waals surface area contributed by atoms with Crippen molar-refractivity contribution in [2.24, 2.45) is 0 Å². The van der Waals surface area contributed by atoms with Crippen LogP contribution in [0.25, 0.3) is 0 Å². The monoisotopic (exact) mass is 219 g/mol. The van der Waals surface area contributed by atoms with Gasteiger partial charge in [-0.15, -0.1) is 11.3 Å². The van der Waals surface area contributed by atoms with E-state index in [2.05, 4.69) is 11.9 Å². The zero-order valence-electron chi connectivity index (χ0n) is 7.43. The van der Waals surface area contributed by atoms with E-state index in [-0.39, 0.29) is 6.61 Å². The van der Waals surface area contributed by atoms with Crippen molar-refractivity contribution >= 4 is 23.1 Å². The van der Waals surface area contributed by atoms with E-state index in [0.29, 0.717) is 5.75 Å². The highest BCUT2D eigenvalue weighted by atomic mass is 32.2. The minimum absolute atomic E-state index is 0.182. The van der Waals surface area contributed by atoms with Crippen LogP contribution in [0.2, 0.25) is 0 Å². The molecule has 13 heavy (non-hydrogen) atoms. The van der Waals surface area contributed by atoms with Crippen molar-refractivity contribution in [1.82, 2.24) is 4.98 Å². The SMILES string of the molecule is CCc1csc(SCC(O)CO)n1. The van der Waals surface area contributed by atoms with Crippen LogP contribution in [0.3, 0.4) is 0 Å². The van der Waals surface area contributed by atoms with Crippen molar-refractivity contribution in [2.45, 2.75) is 23.8 Å². The second-order valence-corrected chi connectivity index (χ2v) is 4.73. The summed E-state index contributed by atoms with van der Waals surface area (Å²) in [4.78, 5) is 4.32. The minimum atomic E-state index is -0.640. The number of aliphatic hydroxyl groups excluding tert-OH is 2. The molecule has 0 amide bonds. The number of aliphatic hydroxyl groups is 2. The molecule has 1 aromatic rings. The van der Waals surface area contributed by atoms with E-state index >= 15 is 0 Å². The highest BCUT2D eigenvalue weighted by molar-refractivity contribution is 8.01. The molecule has 0 spiro atoms. The highest BCUT2D eigenvalue weighted by Gasteiger charge is 2.05. The van der Waals surface area contributed by atoms with Gasteiger partial charge in [-0.2, -0.15) is 0 Å². The maximum Gasteiger partial charge on any atom is 0.150 e. The Bertz CT molecular complexity index is 252. The largest absolute Gasteiger partial charge is 0.394 e. The molecule has 1 rings (SSSR count). The number of thioether (sulfide) groups is 1. The average Bonchev–Trinajstić information content (AvgIpc) is 2.61. The van der Waals surface area contributed by atoms with Crippen LogP contribution < -0.4 is 0 Å². The second-order valence-electron chi connectivity index (χ2n) is 2.61. The van der Waals surface area contributed by atoms with Crippen LogP contribution in [0.4, 0.5) is 0 Å². The Balaban J connectivity index is 2.36. The first kappa shape index (κ1) is 11.0. The Morgan fingerprint density at radius 2 is 2.46 bits per heavy atom. The third-order valence-electron chi connectivity index (χ3n) is 1.50. The van der Waals surface area contributed by atoms with Gasteiger partial charge in [0.15, 0.2) is 0 Å². The summed E-state index contributed by atoms with van der Waals surface area (Å²) in [5, 5.41) is 19.7. The molecular weight excluding hydrogens is 206 g/mol. The fourth-order valence-electron chi connectivity index (χ4n) is 0.737. The zero-order chi connectivity index (χ0) is 9.68. The standard InChI is InChI=1S/C8H13NO2S2/c1-2-6-4-12-8(9-6)13-5-7(11)3-10/h4,7,10-11H,2-3,5H2,1H3. The molecule has 74 valence electrons. The molecule has 0 aromatic carbocycles. The molecule has 5 heteroatoms. The van der Waals surface area contributed by atoms with Crippen LogP contribution in [0.15, 0.2) is 9.72 Å². The normalized spacial score (nSPS) is 13.2. The van der Waals surface area contributed by atoms with Crippen molar-refractivity contribution in [3.8, 4) is 0 Å². The number of nitrogens with zero attached hydrogens (tertiary/aromatic N) is 1. The Morgan fingerprint density at radius 1 is 1.69 bits per heavy atom. The van der Waals surface area contributed by atoms with Gasteiger partial charge in [0, 0.05) is 11.1 Å². The molecule has 0 aliphatic heterocycles. The van der Waals surface area contributed by atoms with Crippen LogP contribution in [-0.4, -0.2) is 33.7 Å². The lowest BCUT2D eigenvalue weighted by Gasteiger charge is -2.03. The van der Waals surface area contributed by atoms with Gasteiger partial charge >= 0.3 is 0 Å². The average molecular weight is 219 g/mol. The minimum Gasteiger partial charge on any atom is -0.394 e. The molecule has 0 aliphatic rings. The Morgan fingerprint density at radius 3 is 3.00 bits per heavy atom. The van der Waals surface area contributed by atoms with Crippen LogP contribution in [0.5, 0.6) is 0 Å². The predicted molar refractivity (Wildman–Crippen MR) is 55.3 cm³/mol. The molecule has 1 aromatic heterocycles. The summed E-state index contributed by atoms with van der Waals surface area (Å²) in [5.41, 5.74) is 1.09. The van der Waals surface area contributed by atoms with Gasteiger partial charge < -0.3 is 10.2 Å². The third kappa shape index (κ3) is 3.64. The van der Waals surface area contributed by atoms with Crippen molar-refractivity contribution in [2.75, 3.05) is 12.4 Å². The van der Waals surface area contributed by atoms with Gasteiger partial charge in [-0.1, -0.05) is 18.7 Å². The molecular formula is C8H13NO2S2. The predicted octanol–water partition coefficient (Wildman–Crippen LogP) is 1.15. The summed E-state index contributed by atoms with van der Waals surface area (Å²) in [5.74, 6) is 0.507. The molecule has 3 nitrogen and oxygen atoms in total. The summed E-state index contributed by atoms with van der Waals surface area (Å²) < 4.78 is 0.962. The molecule has 0 radical (unpaired) electrons. The van der Waals surface area contributed by atoms with Crippen LogP contribution in [0.1, 0.15) is 12.6 Å². The maximum absolute atomic E-state index is 9.09. The van der Waals surface area contributed by atoms with Crippen molar-refractivity contribution in [3.05, 3.63) is 11.1 Å². The fraction of sp³-hybridized carbons (Fsp3) is 0.625. The van der Waals surface area contributed by atoms with Crippen molar-refractivity contribution < 1.29 is 10.2 Å².